The lowest BCUT2D eigenvalue weighted by molar-refractivity contribution is -0.128. The van der Waals surface area contributed by atoms with Crippen molar-refractivity contribution in [1.82, 2.24) is 19.8 Å². The SMILES string of the molecule is CN(C)c1ncc(-c2cccc(C(N)=O)c2)c([C@H]2CN(CCN3CCCC3=O)CCO2)n1. The van der Waals surface area contributed by atoms with Gasteiger partial charge in [0.25, 0.3) is 0 Å². The Balaban J connectivity index is 1.59. The van der Waals surface area contributed by atoms with Gasteiger partial charge in [0.2, 0.25) is 17.8 Å². The number of ether oxygens (including phenoxy) is 1. The largest absolute Gasteiger partial charge is 0.369 e. The van der Waals surface area contributed by atoms with Gasteiger partial charge >= 0.3 is 0 Å². The quantitative estimate of drug-likeness (QED) is 0.695. The predicted molar refractivity (Wildman–Crippen MR) is 121 cm³/mol. The van der Waals surface area contributed by atoms with E-state index in [1.807, 2.05) is 30.0 Å². The van der Waals surface area contributed by atoms with Gasteiger partial charge in [0.1, 0.15) is 6.10 Å². The summed E-state index contributed by atoms with van der Waals surface area (Å²) in [7, 11) is 3.79. The lowest BCUT2D eigenvalue weighted by Gasteiger charge is -2.34. The molecule has 2 aromatic rings. The fraction of sp³-hybridized carbons (Fsp3) is 0.478. The van der Waals surface area contributed by atoms with Crippen LogP contribution in [0.3, 0.4) is 0 Å². The van der Waals surface area contributed by atoms with E-state index in [1.54, 1.807) is 24.4 Å². The number of hydrogen-bond acceptors (Lipinski definition) is 7. The highest BCUT2D eigenvalue weighted by Crippen LogP contribution is 2.32. The van der Waals surface area contributed by atoms with Gasteiger partial charge in [-0.15, -0.1) is 0 Å². The molecule has 32 heavy (non-hydrogen) atoms. The molecule has 1 atom stereocenters. The van der Waals surface area contributed by atoms with Crippen LogP contribution in [0.5, 0.6) is 0 Å². The Hall–Kier alpha value is -3.04. The number of nitrogens with two attached hydrogens (primary N) is 1. The van der Waals surface area contributed by atoms with Gasteiger partial charge < -0.3 is 20.3 Å². The Morgan fingerprint density at radius 1 is 1.28 bits per heavy atom. The number of rotatable bonds is 7. The fourth-order valence-electron chi connectivity index (χ4n) is 4.18. The minimum absolute atomic E-state index is 0.244. The molecule has 2 N–H and O–H groups in total. The smallest absolute Gasteiger partial charge is 0.248 e. The molecule has 2 fully saturated rings. The number of morpholine rings is 1. The van der Waals surface area contributed by atoms with Crippen LogP contribution in [-0.2, 0) is 9.53 Å². The molecular weight excluding hydrogens is 408 g/mol. The topological polar surface area (TPSA) is 105 Å². The maximum absolute atomic E-state index is 11.9. The summed E-state index contributed by atoms with van der Waals surface area (Å²) >= 11 is 0. The molecule has 2 amide bonds. The van der Waals surface area contributed by atoms with Crippen LogP contribution in [0.2, 0.25) is 0 Å². The number of nitrogens with zero attached hydrogens (tertiary/aromatic N) is 5. The Bertz CT molecular complexity index is 995. The van der Waals surface area contributed by atoms with Crippen LogP contribution in [0.1, 0.15) is 35.0 Å². The number of carbonyl (C=O) groups is 2. The minimum Gasteiger partial charge on any atom is -0.369 e. The van der Waals surface area contributed by atoms with E-state index in [0.29, 0.717) is 31.1 Å². The third-order valence-corrected chi connectivity index (χ3v) is 5.98. The van der Waals surface area contributed by atoms with Crippen LogP contribution in [0.4, 0.5) is 5.95 Å². The summed E-state index contributed by atoms with van der Waals surface area (Å²) in [5, 5.41) is 0. The van der Waals surface area contributed by atoms with Gasteiger partial charge in [0.15, 0.2) is 0 Å². The Kier molecular flexibility index (Phi) is 6.66. The lowest BCUT2D eigenvalue weighted by Crippen LogP contribution is -2.43. The molecule has 0 radical (unpaired) electrons. The van der Waals surface area contributed by atoms with Crippen molar-refractivity contribution in [3.8, 4) is 11.1 Å². The molecule has 2 aliphatic rings. The van der Waals surface area contributed by atoms with Crippen molar-refractivity contribution in [2.24, 2.45) is 5.73 Å². The van der Waals surface area contributed by atoms with Crippen molar-refractivity contribution in [2.45, 2.75) is 18.9 Å². The van der Waals surface area contributed by atoms with Crippen molar-refractivity contribution in [3.63, 3.8) is 0 Å². The van der Waals surface area contributed by atoms with Gasteiger partial charge in [-0.2, -0.15) is 0 Å². The number of hydrogen-bond donors (Lipinski definition) is 1. The van der Waals surface area contributed by atoms with Crippen LogP contribution in [0.15, 0.2) is 30.5 Å². The Labute approximate surface area is 188 Å². The Morgan fingerprint density at radius 2 is 2.12 bits per heavy atom. The maximum atomic E-state index is 11.9. The molecule has 2 saturated heterocycles. The monoisotopic (exact) mass is 438 g/mol. The Morgan fingerprint density at radius 3 is 2.84 bits per heavy atom. The van der Waals surface area contributed by atoms with E-state index in [2.05, 4.69) is 9.88 Å². The number of primary amides is 1. The van der Waals surface area contributed by atoms with E-state index < -0.39 is 5.91 Å². The first-order valence-electron chi connectivity index (χ1n) is 11.0. The second-order valence-corrected chi connectivity index (χ2v) is 8.45. The highest BCUT2D eigenvalue weighted by atomic mass is 16.5. The first-order chi connectivity index (χ1) is 15.4. The third-order valence-electron chi connectivity index (χ3n) is 5.98. The molecule has 9 nitrogen and oxygen atoms in total. The molecule has 0 aliphatic carbocycles. The molecule has 1 aromatic heterocycles. The molecule has 1 aromatic carbocycles. The fourth-order valence-corrected chi connectivity index (χ4v) is 4.18. The first kappa shape index (κ1) is 22.2. The molecule has 9 heteroatoms. The standard InChI is InChI=1S/C23H30N6O3/c1-27(2)23-25-14-18(16-5-3-6-17(13-16)22(24)31)21(26-23)19-15-28(11-12-32-19)9-10-29-8-4-7-20(29)30/h3,5-6,13-14,19H,4,7-12,15H2,1-2H3,(H2,24,31)/t19-/m1/s1. The van der Waals surface area contributed by atoms with Crippen molar-refractivity contribution >= 4 is 17.8 Å². The summed E-state index contributed by atoms with van der Waals surface area (Å²) in [6, 6.07) is 7.18. The van der Waals surface area contributed by atoms with Crippen molar-refractivity contribution in [2.75, 3.05) is 58.3 Å². The van der Waals surface area contributed by atoms with E-state index in [1.165, 1.54) is 0 Å². The zero-order chi connectivity index (χ0) is 22.7. The molecular formula is C23H30N6O3. The molecule has 3 heterocycles. The first-order valence-corrected chi connectivity index (χ1v) is 11.0. The summed E-state index contributed by atoms with van der Waals surface area (Å²) in [6.45, 7) is 4.48. The summed E-state index contributed by atoms with van der Waals surface area (Å²) in [5.41, 5.74) is 8.35. The van der Waals surface area contributed by atoms with Crippen molar-refractivity contribution in [1.29, 1.82) is 0 Å². The number of carbonyl (C=O) groups excluding carboxylic acids is 2. The zero-order valence-electron chi connectivity index (χ0n) is 18.7. The zero-order valence-corrected chi connectivity index (χ0v) is 18.7. The average Bonchev–Trinajstić information content (AvgIpc) is 3.22. The maximum Gasteiger partial charge on any atom is 0.248 e. The summed E-state index contributed by atoms with van der Waals surface area (Å²) in [6.07, 6.45) is 3.15. The number of aromatic nitrogens is 2. The predicted octanol–water partition coefficient (Wildman–Crippen LogP) is 1.30. The number of anilines is 1. The van der Waals surface area contributed by atoms with Gasteiger partial charge in [-0.1, -0.05) is 12.1 Å². The van der Waals surface area contributed by atoms with Crippen LogP contribution in [-0.4, -0.2) is 85.0 Å². The van der Waals surface area contributed by atoms with Gasteiger partial charge in [0, 0.05) is 70.6 Å². The second kappa shape index (κ2) is 9.62. The van der Waals surface area contributed by atoms with E-state index in [4.69, 9.17) is 15.5 Å². The number of benzene rings is 1. The number of likely N-dealkylation sites (tertiary alicyclic amines) is 1. The van der Waals surface area contributed by atoms with Gasteiger partial charge in [-0.05, 0) is 24.1 Å². The molecule has 0 bridgehead atoms. The van der Waals surface area contributed by atoms with Gasteiger partial charge in [0.05, 0.1) is 12.3 Å². The average molecular weight is 439 g/mol. The van der Waals surface area contributed by atoms with Crippen LogP contribution < -0.4 is 10.6 Å². The van der Waals surface area contributed by atoms with Gasteiger partial charge in [-0.25, -0.2) is 9.97 Å². The van der Waals surface area contributed by atoms with Crippen LogP contribution >= 0.6 is 0 Å². The molecule has 0 saturated carbocycles. The van der Waals surface area contributed by atoms with E-state index >= 15 is 0 Å². The van der Waals surface area contributed by atoms with Crippen LogP contribution in [0.25, 0.3) is 11.1 Å². The summed E-state index contributed by atoms with van der Waals surface area (Å²) < 4.78 is 6.14. The van der Waals surface area contributed by atoms with Crippen LogP contribution in [0, 0.1) is 0 Å². The van der Waals surface area contributed by atoms with Crippen molar-refractivity contribution in [3.05, 3.63) is 41.7 Å². The molecule has 0 unspecified atom stereocenters. The molecule has 2 aliphatic heterocycles. The highest BCUT2D eigenvalue weighted by Gasteiger charge is 2.28. The summed E-state index contributed by atoms with van der Waals surface area (Å²) in [5.74, 6) is 0.367. The number of amides is 2. The van der Waals surface area contributed by atoms with E-state index in [-0.39, 0.29) is 12.0 Å². The minimum atomic E-state index is -0.476. The second-order valence-electron chi connectivity index (χ2n) is 8.45. The summed E-state index contributed by atoms with van der Waals surface area (Å²) in [4.78, 5) is 39.0. The molecule has 4 rings (SSSR count). The van der Waals surface area contributed by atoms with E-state index in [9.17, 15) is 9.59 Å². The van der Waals surface area contributed by atoms with Gasteiger partial charge in [-0.3, -0.25) is 14.5 Å². The highest BCUT2D eigenvalue weighted by molar-refractivity contribution is 5.94. The van der Waals surface area contributed by atoms with Crippen molar-refractivity contribution < 1.29 is 14.3 Å². The third kappa shape index (κ3) is 4.89. The van der Waals surface area contributed by atoms with E-state index in [0.717, 1.165) is 49.4 Å². The molecule has 170 valence electrons. The normalized spacial score (nSPS) is 19.4. The molecule has 0 spiro atoms. The lowest BCUT2D eigenvalue weighted by atomic mass is 9.99.